The Bertz CT molecular complexity index is 369. The summed E-state index contributed by atoms with van der Waals surface area (Å²) in [7, 11) is 0. The number of imide groups is 1. The largest absolute Gasteiger partial charge is 0.464 e. The molecule has 0 fully saturated rings. The van der Waals surface area contributed by atoms with Crippen molar-refractivity contribution in [1.82, 2.24) is 4.90 Å². The van der Waals surface area contributed by atoms with Gasteiger partial charge in [0.15, 0.2) is 0 Å². The van der Waals surface area contributed by atoms with E-state index in [2.05, 4.69) is 0 Å². The maximum Gasteiger partial charge on any atom is 0.329 e. The van der Waals surface area contributed by atoms with Crippen molar-refractivity contribution in [1.29, 1.82) is 0 Å². The van der Waals surface area contributed by atoms with E-state index in [0.29, 0.717) is 13.0 Å². The van der Waals surface area contributed by atoms with Crippen molar-refractivity contribution < 1.29 is 19.1 Å². The molecule has 1 aliphatic rings. The Balaban J connectivity index is 2.73. The van der Waals surface area contributed by atoms with Crippen LogP contribution in [0.15, 0.2) is 12.2 Å². The van der Waals surface area contributed by atoms with Crippen molar-refractivity contribution in [2.75, 3.05) is 6.61 Å². The zero-order valence-corrected chi connectivity index (χ0v) is 11.7. The van der Waals surface area contributed by atoms with Crippen molar-refractivity contribution in [3.05, 3.63) is 12.2 Å². The summed E-state index contributed by atoms with van der Waals surface area (Å²) in [6.45, 7) is 6.15. The van der Waals surface area contributed by atoms with Crippen LogP contribution in [0.2, 0.25) is 0 Å². The fraction of sp³-hybridized carbons (Fsp3) is 0.643. The van der Waals surface area contributed by atoms with Gasteiger partial charge in [-0.2, -0.15) is 0 Å². The zero-order chi connectivity index (χ0) is 14.4. The summed E-state index contributed by atoms with van der Waals surface area (Å²) in [4.78, 5) is 36.3. The number of esters is 1. The van der Waals surface area contributed by atoms with E-state index >= 15 is 0 Å². The van der Waals surface area contributed by atoms with E-state index in [1.165, 1.54) is 12.2 Å². The van der Waals surface area contributed by atoms with Crippen molar-refractivity contribution in [2.45, 2.75) is 46.1 Å². The molecule has 1 heterocycles. The molecule has 2 amide bonds. The van der Waals surface area contributed by atoms with Gasteiger partial charge >= 0.3 is 5.97 Å². The first-order valence-electron chi connectivity index (χ1n) is 6.69. The van der Waals surface area contributed by atoms with Crippen LogP contribution in [0.4, 0.5) is 0 Å². The first kappa shape index (κ1) is 15.4. The number of carbonyl (C=O) groups is 3. The van der Waals surface area contributed by atoms with Crippen molar-refractivity contribution in [2.24, 2.45) is 5.92 Å². The van der Waals surface area contributed by atoms with E-state index in [1.54, 1.807) is 0 Å². The van der Waals surface area contributed by atoms with Crippen LogP contribution in [0.1, 0.15) is 40.0 Å². The minimum Gasteiger partial charge on any atom is -0.464 e. The summed E-state index contributed by atoms with van der Waals surface area (Å²) in [5, 5.41) is 0. The Morgan fingerprint density at radius 1 is 1.26 bits per heavy atom. The topological polar surface area (TPSA) is 63.7 Å². The first-order chi connectivity index (χ1) is 8.97. The number of rotatable bonds is 7. The average molecular weight is 267 g/mol. The summed E-state index contributed by atoms with van der Waals surface area (Å²) >= 11 is 0. The summed E-state index contributed by atoms with van der Waals surface area (Å²) in [5.74, 6) is -1.15. The van der Waals surface area contributed by atoms with Crippen LogP contribution in [0, 0.1) is 5.92 Å². The third-order valence-electron chi connectivity index (χ3n) is 2.82. The third kappa shape index (κ3) is 4.19. The molecule has 1 aliphatic heterocycles. The second kappa shape index (κ2) is 7.07. The minimum atomic E-state index is -0.798. The van der Waals surface area contributed by atoms with Crippen LogP contribution < -0.4 is 0 Å². The molecule has 0 radical (unpaired) electrons. The number of amides is 2. The van der Waals surface area contributed by atoms with E-state index in [4.69, 9.17) is 4.74 Å². The molecule has 1 atom stereocenters. The summed E-state index contributed by atoms with van der Waals surface area (Å²) in [5.41, 5.74) is 0. The van der Waals surface area contributed by atoms with Gasteiger partial charge in [0, 0.05) is 12.2 Å². The molecule has 0 aliphatic carbocycles. The Morgan fingerprint density at radius 3 is 2.32 bits per heavy atom. The van der Waals surface area contributed by atoms with Gasteiger partial charge < -0.3 is 4.74 Å². The van der Waals surface area contributed by atoms with Gasteiger partial charge in [-0.15, -0.1) is 0 Å². The van der Waals surface area contributed by atoms with Gasteiger partial charge in [0.25, 0.3) is 11.8 Å². The van der Waals surface area contributed by atoms with Crippen molar-refractivity contribution in [3.63, 3.8) is 0 Å². The summed E-state index contributed by atoms with van der Waals surface area (Å²) in [6.07, 6.45) is 4.48. The molecule has 0 N–H and O–H groups in total. The maximum absolute atomic E-state index is 12.0. The van der Waals surface area contributed by atoms with Gasteiger partial charge in [-0.1, -0.05) is 33.6 Å². The smallest absolute Gasteiger partial charge is 0.329 e. The highest BCUT2D eigenvalue weighted by molar-refractivity contribution is 6.14. The van der Waals surface area contributed by atoms with E-state index < -0.39 is 23.8 Å². The number of ether oxygens (including phenoxy) is 1. The van der Waals surface area contributed by atoms with Gasteiger partial charge in [0.1, 0.15) is 6.04 Å². The number of carbonyl (C=O) groups excluding carboxylic acids is 3. The Kier molecular flexibility index (Phi) is 5.73. The Hall–Kier alpha value is -1.65. The van der Waals surface area contributed by atoms with E-state index in [0.717, 1.165) is 17.7 Å². The van der Waals surface area contributed by atoms with Crippen LogP contribution in [0.5, 0.6) is 0 Å². The normalized spacial score (nSPS) is 16.3. The van der Waals surface area contributed by atoms with Gasteiger partial charge in [-0.3, -0.25) is 14.5 Å². The van der Waals surface area contributed by atoms with Crippen molar-refractivity contribution >= 4 is 17.8 Å². The fourth-order valence-corrected chi connectivity index (χ4v) is 1.81. The lowest BCUT2D eigenvalue weighted by Crippen LogP contribution is -2.46. The standard InChI is InChI=1S/C14H21NO4/c1-4-5-6-11(14(18)19-9-10(2)3)15-12(16)7-8-13(15)17/h7-8,10-11H,4-6,9H2,1-3H3. The monoisotopic (exact) mass is 267 g/mol. The molecule has 1 rings (SSSR count). The molecule has 5 heteroatoms. The fourth-order valence-electron chi connectivity index (χ4n) is 1.81. The van der Waals surface area contributed by atoms with Crippen LogP contribution in [-0.4, -0.2) is 35.3 Å². The maximum atomic E-state index is 12.0. The van der Waals surface area contributed by atoms with Gasteiger partial charge in [0.05, 0.1) is 6.61 Å². The number of hydrogen-bond donors (Lipinski definition) is 0. The lowest BCUT2D eigenvalue weighted by molar-refractivity contribution is -0.158. The summed E-state index contributed by atoms with van der Waals surface area (Å²) in [6, 6.07) is -0.798. The molecular weight excluding hydrogens is 246 g/mol. The first-order valence-corrected chi connectivity index (χ1v) is 6.69. The second-order valence-electron chi connectivity index (χ2n) is 5.06. The number of hydrogen-bond acceptors (Lipinski definition) is 4. The van der Waals surface area contributed by atoms with Crippen LogP contribution >= 0.6 is 0 Å². The van der Waals surface area contributed by atoms with Crippen LogP contribution in [-0.2, 0) is 19.1 Å². The predicted molar refractivity (Wildman–Crippen MR) is 70.1 cm³/mol. The third-order valence-corrected chi connectivity index (χ3v) is 2.82. The molecule has 106 valence electrons. The SMILES string of the molecule is CCCCC(C(=O)OCC(C)C)N1C(=O)C=CC1=O. The zero-order valence-electron chi connectivity index (χ0n) is 11.7. The molecular formula is C14H21NO4. The lowest BCUT2D eigenvalue weighted by Gasteiger charge is -2.24. The summed E-state index contributed by atoms with van der Waals surface area (Å²) < 4.78 is 5.16. The van der Waals surface area contributed by atoms with Gasteiger partial charge in [-0.05, 0) is 12.3 Å². The molecule has 0 saturated carbocycles. The Labute approximate surface area is 113 Å². The highest BCUT2D eigenvalue weighted by Crippen LogP contribution is 2.16. The quantitative estimate of drug-likeness (QED) is 0.520. The van der Waals surface area contributed by atoms with E-state index in [-0.39, 0.29) is 5.92 Å². The average Bonchev–Trinajstić information content (AvgIpc) is 2.68. The molecule has 0 aromatic rings. The molecule has 0 aromatic heterocycles. The van der Waals surface area contributed by atoms with E-state index in [9.17, 15) is 14.4 Å². The van der Waals surface area contributed by atoms with Gasteiger partial charge in [0.2, 0.25) is 0 Å². The van der Waals surface area contributed by atoms with E-state index in [1.807, 2.05) is 20.8 Å². The molecule has 0 saturated heterocycles. The minimum absolute atomic E-state index is 0.221. The van der Waals surface area contributed by atoms with Gasteiger partial charge in [-0.25, -0.2) is 4.79 Å². The number of nitrogens with zero attached hydrogens (tertiary/aromatic N) is 1. The van der Waals surface area contributed by atoms with Crippen LogP contribution in [0.3, 0.4) is 0 Å². The molecule has 5 nitrogen and oxygen atoms in total. The number of unbranched alkanes of at least 4 members (excludes halogenated alkanes) is 1. The predicted octanol–water partition coefficient (Wildman–Crippen LogP) is 1.67. The van der Waals surface area contributed by atoms with Crippen molar-refractivity contribution in [3.8, 4) is 0 Å². The molecule has 1 unspecified atom stereocenters. The molecule has 0 bridgehead atoms. The lowest BCUT2D eigenvalue weighted by atomic mass is 10.1. The molecule has 0 aromatic carbocycles. The second-order valence-corrected chi connectivity index (χ2v) is 5.06. The molecule has 0 spiro atoms. The molecule has 19 heavy (non-hydrogen) atoms. The Morgan fingerprint density at radius 2 is 1.84 bits per heavy atom. The van der Waals surface area contributed by atoms with Crippen LogP contribution in [0.25, 0.3) is 0 Å². The highest BCUT2D eigenvalue weighted by atomic mass is 16.5. The highest BCUT2D eigenvalue weighted by Gasteiger charge is 2.36.